The molecule has 1 N–H and O–H groups in total. The third kappa shape index (κ3) is 2.57. The summed E-state index contributed by atoms with van der Waals surface area (Å²) in [5.41, 5.74) is 2.70. The first-order valence-electron chi connectivity index (χ1n) is 5.00. The van der Waals surface area contributed by atoms with Gasteiger partial charge in [0, 0.05) is 19.2 Å². The number of nitrogens with zero attached hydrogens (tertiary/aromatic N) is 1. The Bertz CT molecular complexity index is 340. The van der Waals surface area contributed by atoms with Crippen molar-refractivity contribution in [2.75, 3.05) is 20.2 Å². The number of benzene rings is 1. The number of carbonyl (C=O) groups is 1. The summed E-state index contributed by atoms with van der Waals surface area (Å²) in [6.45, 7) is 4.21. The molecule has 15 heavy (non-hydrogen) atoms. The SMILES string of the molecule is Cc1cccc(C)c1C(=O)N(C)CCO. The second-order valence-electron chi connectivity index (χ2n) is 3.72. The molecule has 3 nitrogen and oxygen atoms in total. The lowest BCUT2D eigenvalue weighted by molar-refractivity contribution is 0.0765. The number of likely N-dealkylation sites (N-methyl/N-ethyl adjacent to an activating group) is 1. The molecule has 0 aliphatic rings. The number of aryl methyl sites for hydroxylation is 2. The van der Waals surface area contributed by atoms with Gasteiger partial charge in [-0.2, -0.15) is 0 Å². The Balaban J connectivity index is 3.00. The van der Waals surface area contributed by atoms with Gasteiger partial charge in [-0.05, 0) is 25.0 Å². The van der Waals surface area contributed by atoms with Gasteiger partial charge in [-0.3, -0.25) is 4.79 Å². The van der Waals surface area contributed by atoms with Crippen molar-refractivity contribution in [2.45, 2.75) is 13.8 Å². The molecular formula is C12H17NO2. The van der Waals surface area contributed by atoms with E-state index >= 15 is 0 Å². The number of aliphatic hydroxyl groups excluding tert-OH is 1. The Morgan fingerprint density at radius 2 is 1.87 bits per heavy atom. The van der Waals surface area contributed by atoms with Crippen LogP contribution < -0.4 is 0 Å². The van der Waals surface area contributed by atoms with Gasteiger partial charge in [-0.1, -0.05) is 18.2 Å². The van der Waals surface area contributed by atoms with Gasteiger partial charge in [-0.25, -0.2) is 0 Å². The van der Waals surface area contributed by atoms with Crippen molar-refractivity contribution in [3.8, 4) is 0 Å². The second-order valence-corrected chi connectivity index (χ2v) is 3.72. The Morgan fingerprint density at radius 1 is 1.33 bits per heavy atom. The lowest BCUT2D eigenvalue weighted by Gasteiger charge is -2.18. The summed E-state index contributed by atoms with van der Waals surface area (Å²) < 4.78 is 0. The highest BCUT2D eigenvalue weighted by Crippen LogP contribution is 2.14. The molecular weight excluding hydrogens is 190 g/mol. The normalized spacial score (nSPS) is 10.1. The van der Waals surface area contributed by atoms with Gasteiger partial charge in [0.15, 0.2) is 0 Å². The highest BCUT2D eigenvalue weighted by Gasteiger charge is 2.15. The van der Waals surface area contributed by atoms with Crippen molar-refractivity contribution < 1.29 is 9.90 Å². The van der Waals surface area contributed by atoms with Gasteiger partial charge in [-0.15, -0.1) is 0 Å². The van der Waals surface area contributed by atoms with E-state index in [-0.39, 0.29) is 12.5 Å². The summed E-state index contributed by atoms with van der Waals surface area (Å²) >= 11 is 0. The van der Waals surface area contributed by atoms with Crippen LogP contribution in [0.4, 0.5) is 0 Å². The van der Waals surface area contributed by atoms with Crippen molar-refractivity contribution >= 4 is 5.91 Å². The van der Waals surface area contributed by atoms with E-state index in [1.165, 1.54) is 4.90 Å². The second kappa shape index (κ2) is 4.94. The van der Waals surface area contributed by atoms with Crippen LogP contribution in [-0.4, -0.2) is 36.1 Å². The first kappa shape index (κ1) is 11.7. The molecule has 3 heteroatoms. The average Bonchev–Trinajstić information content (AvgIpc) is 2.17. The highest BCUT2D eigenvalue weighted by molar-refractivity contribution is 5.96. The molecule has 82 valence electrons. The van der Waals surface area contributed by atoms with Crippen molar-refractivity contribution in [1.29, 1.82) is 0 Å². The third-order valence-corrected chi connectivity index (χ3v) is 2.48. The summed E-state index contributed by atoms with van der Waals surface area (Å²) in [5, 5.41) is 8.78. The quantitative estimate of drug-likeness (QED) is 0.813. The Kier molecular flexibility index (Phi) is 3.86. The third-order valence-electron chi connectivity index (χ3n) is 2.48. The minimum absolute atomic E-state index is 0.00678. The van der Waals surface area contributed by atoms with Crippen LogP contribution in [0.15, 0.2) is 18.2 Å². The molecule has 0 heterocycles. The van der Waals surface area contributed by atoms with Crippen LogP contribution in [-0.2, 0) is 0 Å². The Morgan fingerprint density at radius 3 is 2.33 bits per heavy atom. The van der Waals surface area contributed by atoms with Crippen LogP contribution >= 0.6 is 0 Å². The minimum atomic E-state index is -0.0281. The molecule has 0 saturated heterocycles. The zero-order chi connectivity index (χ0) is 11.4. The van der Waals surface area contributed by atoms with E-state index in [2.05, 4.69) is 0 Å². The van der Waals surface area contributed by atoms with E-state index in [4.69, 9.17) is 5.11 Å². The summed E-state index contributed by atoms with van der Waals surface area (Å²) in [7, 11) is 1.70. The maximum atomic E-state index is 12.0. The van der Waals surface area contributed by atoms with Gasteiger partial charge in [0.2, 0.25) is 0 Å². The average molecular weight is 207 g/mol. The van der Waals surface area contributed by atoms with Gasteiger partial charge in [0.25, 0.3) is 5.91 Å². The number of hydrogen-bond acceptors (Lipinski definition) is 2. The first-order valence-corrected chi connectivity index (χ1v) is 5.00. The van der Waals surface area contributed by atoms with Crippen molar-refractivity contribution in [1.82, 2.24) is 4.90 Å². The number of carbonyl (C=O) groups excluding carboxylic acids is 1. The van der Waals surface area contributed by atoms with Gasteiger partial charge in [0.05, 0.1) is 6.61 Å². The number of hydrogen-bond donors (Lipinski definition) is 1. The van der Waals surface area contributed by atoms with Gasteiger partial charge >= 0.3 is 0 Å². The largest absolute Gasteiger partial charge is 0.395 e. The molecule has 1 aromatic carbocycles. The van der Waals surface area contributed by atoms with E-state index in [1.54, 1.807) is 7.05 Å². The maximum Gasteiger partial charge on any atom is 0.254 e. The summed E-state index contributed by atoms with van der Waals surface area (Å²) in [4.78, 5) is 13.5. The van der Waals surface area contributed by atoms with Crippen LogP contribution in [0.5, 0.6) is 0 Å². The fraction of sp³-hybridized carbons (Fsp3) is 0.417. The molecule has 0 atom stereocenters. The van der Waals surface area contributed by atoms with Crippen LogP contribution in [0.1, 0.15) is 21.5 Å². The summed E-state index contributed by atoms with van der Waals surface area (Å²) in [5.74, 6) is -0.0281. The zero-order valence-electron chi connectivity index (χ0n) is 9.45. The number of amides is 1. The van der Waals surface area contributed by atoms with Gasteiger partial charge < -0.3 is 10.0 Å². The van der Waals surface area contributed by atoms with E-state index in [0.717, 1.165) is 16.7 Å². The Hall–Kier alpha value is -1.35. The van der Waals surface area contributed by atoms with Crippen LogP contribution in [0.3, 0.4) is 0 Å². The molecule has 0 saturated carbocycles. The van der Waals surface area contributed by atoms with E-state index in [1.807, 2.05) is 32.0 Å². The Labute approximate surface area is 90.3 Å². The molecule has 0 fully saturated rings. The molecule has 0 aromatic heterocycles. The zero-order valence-corrected chi connectivity index (χ0v) is 9.45. The molecule has 1 amide bonds. The lowest BCUT2D eigenvalue weighted by atomic mass is 10.0. The fourth-order valence-electron chi connectivity index (χ4n) is 1.59. The van der Waals surface area contributed by atoms with Crippen LogP contribution in [0.2, 0.25) is 0 Å². The topological polar surface area (TPSA) is 40.5 Å². The van der Waals surface area contributed by atoms with Crippen molar-refractivity contribution in [3.63, 3.8) is 0 Å². The first-order chi connectivity index (χ1) is 7.07. The molecule has 1 aromatic rings. The van der Waals surface area contributed by atoms with Crippen molar-refractivity contribution in [3.05, 3.63) is 34.9 Å². The molecule has 0 aliphatic carbocycles. The van der Waals surface area contributed by atoms with Gasteiger partial charge in [0.1, 0.15) is 0 Å². The molecule has 1 rings (SSSR count). The predicted molar refractivity (Wildman–Crippen MR) is 60.0 cm³/mol. The summed E-state index contributed by atoms with van der Waals surface area (Å²) in [6, 6.07) is 5.79. The molecule has 0 bridgehead atoms. The number of aliphatic hydroxyl groups is 1. The molecule has 0 radical (unpaired) electrons. The lowest BCUT2D eigenvalue weighted by Crippen LogP contribution is -2.30. The fourth-order valence-corrected chi connectivity index (χ4v) is 1.59. The van der Waals surface area contributed by atoms with Crippen LogP contribution in [0, 0.1) is 13.8 Å². The highest BCUT2D eigenvalue weighted by atomic mass is 16.3. The van der Waals surface area contributed by atoms with Crippen LogP contribution in [0.25, 0.3) is 0 Å². The molecule has 0 unspecified atom stereocenters. The molecule has 0 spiro atoms. The smallest absolute Gasteiger partial charge is 0.254 e. The summed E-state index contributed by atoms with van der Waals surface area (Å²) in [6.07, 6.45) is 0. The van der Waals surface area contributed by atoms with E-state index in [0.29, 0.717) is 6.54 Å². The number of rotatable bonds is 3. The van der Waals surface area contributed by atoms with Crippen molar-refractivity contribution in [2.24, 2.45) is 0 Å². The monoisotopic (exact) mass is 207 g/mol. The predicted octanol–water partition coefficient (Wildman–Crippen LogP) is 1.37. The maximum absolute atomic E-state index is 12.0. The van der Waals surface area contributed by atoms with E-state index in [9.17, 15) is 4.79 Å². The molecule has 0 aliphatic heterocycles. The minimum Gasteiger partial charge on any atom is -0.395 e. The standard InChI is InChI=1S/C12H17NO2/c1-9-5-4-6-10(2)11(9)12(15)13(3)7-8-14/h4-6,14H,7-8H2,1-3H3. The van der Waals surface area contributed by atoms with E-state index < -0.39 is 0 Å².